The van der Waals surface area contributed by atoms with Crippen molar-refractivity contribution in [2.45, 2.75) is 0 Å². The average molecular weight is 406 g/mol. The Morgan fingerprint density at radius 2 is 1.81 bits per heavy atom. The summed E-state index contributed by atoms with van der Waals surface area (Å²) in [6, 6.07) is 10.6. The minimum Gasteiger partial charge on any atom is -0.306 e. The van der Waals surface area contributed by atoms with E-state index in [2.05, 4.69) is 10.3 Å². The summed E-state index contributed by atoms with van der Waals surface area (Å²) in [4.78, 5) is 18.0. The number of imidazole rings is 1. The molecule has 0 spiro atoms. The molecule has 0 fully saturated rings. The van der Waals surface area contributed by atoms with Gasteiger partial charge in [0.25, 0.3) is 5.91 Å². The predicted molar refractivity (Wildman–Crippen MR) is 103 cm³/mol. The molecule has 0 radical (unpaired) electrons. The zero-order chi connectivity index (χ0) is 18.3. The number of halogens is 3. The van der Waals surface area contributed by atoms with E-state index in [1.165, 1.54) is 35.6 Å². The van der Waals surface area contributed by atoms with Crippen molar-refractivity contribution in [3.8, 4) is 11.3 Å². The number of nitrogens with one attached hydrogen (secondary N) is 1. The van der Waals surface area contributed by atoms with Gasteiger partial charge in [0.1, 0.15) is 17.3 Å². The highest BCUT2D eigenvalue weighted by atomic mass is 35.5. The van der Waals surface area contributed by atoms with Crippen LogP contribution in [0.1, 0.15) is 10.4 Å². The van der Waals surface area contributed by atoms with Crippen LogP contribution >= 0.6 is 34.5 Å². The van der Waals surface area contributed by atoms with E-state index in [1.807, 2.05) is 5.38 Å². The first kappa shape index (κ1) is 17.0. The largest absolute Gasteiger partial charge is 0.306 e. The molecule has 2 aromatic carbocycles. The number of amides is 1. The number of rotatable bonds is 3. The molecule has 0 atom stereocenters. The quantitative estimate of drug-likeness (QED) is 0.470. The number of nitrogens with zero attached hydrogens (tertiary/aromatic N) is 2. The Kier molecular flexibility index (Phi) is 4.40. The van der Waals surface area contributed by atoms with E-state index < -0.39 is 0 Å². The molecule has 8 heteroatoms. The van der Waals surface area contributed by atoms with Gasteiger partial charge in [-0.15, -0.1) is 11.3 Å². The molecule has 0 aliphatic carbocycles. The van der Waals surface area contributed by atoms with E-state index in [0.717, 1.165) is 0 Å². The van der Waals surface area contributed by atoms with Crippen LogP contribution in [0.2, 0.25) is 10.0 Å². The number of benzene rings is 2. The van der Waals surface area contributed by atoms with Gasteiger partial charge in [-0.3, -0.25) is 9.20 Å². The molecule has 1 N–H and O–H groups in total. The molecule has 26 heavy (non-hydrogen) atoms. The topological polar surface area (TPSA) is 46.4 Å². The van der Waals surface area contributed by atoms with Gasteiger partial charge in [0.05, 0.1) is 0 Å². The van der Waals surface area contributed by atoms with Crippen LogP contribution in [0.5, 0.6) is 0 Å². The number of anilines is 1. The van der Waals surface area contributed by atoms with Crippen LogP contribution in [-0.4, -0.2) is 15.3 Å². The first-order valence-electron chi connectivity index (χ1n) is 7.50. The average Bonchev–Trinajstić information content (AvgIpc) is 3.17. The predicted octanol–water partition coefficient (Wildman–Crippen LogP) is 5.76. The van der Waals surface area contributed by atoms with Gasteiger partial charge in [0, 0.05) is 32.7 Å². The molecular weight excluding hydrogens is 396 g/mol. The van der Waals surface area contributed by atoms with Crippen LogP contribution in [0.15, 0.2) is 54.0 Å². The lowest BCUT2D eigenvalue weighted by Crippen LogP contribution is -2.14. The highest BCUT2D eigenvalue weighted by Gasteiger charge is 2.18. The minimum absolute atomic E-state index is 0.331. The summed E-state index contributed by atoms with van der Waals surface area (Å²) >= 11 is 13.4. The molecule has 0 bridgehead atoms. The van der Waals surface area contributed by atoms with Gasteiger partial charge in [-0.2, -0.15) is 0 Å². The third-order valence-corrected chi connectivity index (χ3v) is 4.93. The summed E-state index contributed by atoms with van der Waals surface area (Å²) in [6.45, 7) is 0. The second-order valence-electron chi connectivity index (χ2n) is 5.48. The highest BCUT2D eigenvalue weighted by Crippen LogP contribution is 2.31. The third-order valence-electron chi connectivity index (χ3n) is 3.74. The van der Waals surface area contributed by atoms with Gasteiger partial charge in [-0.25, -0.2) is 9.37 Å². The lowest BCUT2D eigenvalue weighted by molar-refractivity contribution is 0.102. The molecule has 130 valence electrons. The van der Waals surface area contributed by atoms with Gasteiger partial charge in [0.2, 0.25) is 0 Å². The number of carbonyl (C=O) groups is 1. The maximum absolute atomic E-state index is 13.2. The maximum Gasteiger partial charge on any atom is 0.256 e. The molecule has 4 rings (SSSR count). The number of hydrogen-bond acceptors (Lipinski definition) is 3. The molecule has 2 heterocycles. The van der Waals surface area contributed by atoms with E-state index in [4.69, 9.17) is 23.2 Å². The van der Waals surface area contributed by atoms with E-state index in [9.17, 15) is 9.18 Å². The monoisotopic (exact) mass is 405 g/mol. The zero-order valence-electron chi connectivity index (χ0n) is 13.0. The lowest BCUT2D eigenvalue weighted by Gasteiger charge is -2.08. The van der Waals surface area contributed by atoms with Crippen molar-refractivity contribution in [2.24, 2.45) is 0 Å². The zero-order valence-corrected chi connectivity index (χ0v) is 15.4. The van der Waals surface area contributed by atoms with Crippen molar-refractivity contribution in [1.29, 1.82) is 0 Å². The fourth-order valence-electron chi connectivity index (χ4n) is 2.58. The van der Waals surface area contributed by atoms with Crippen LogP contribution in [0.3, 0.4) is 0 Å². The molecule has 0 aliphatic rings. The fourth-order valence-corrected chi connectivity index (χ4v) is 3.82. The molecule has 4 nitrogen and oxygen atoms in total. The van der Waals surface area contributed by atoms with Crippen LogP contribution in [0, 0.1) is 5.82 Å². The second kappa shape index (κ2) is 6.72. The Morgan fingerprint density at radius 1 is 1.12 bits per heavy atom. The van der Waals surface area contributed by atoms with Crippen molar-refractivity contribution in [2.75, 3.05) is 5.32 Å². The SMILES string of the molecule is O=C(Nc1c(-c2ccc(F)cc2)nc2sccn12)c1cc(Cl)cc(Cl)c1. The summed E-state index contributed by atoms with van der Waals surface area (Å²) in [5.41, 5.74) is 1.58. The van der Waals surface area contributed by atoms with Gasteiger partial charge in [0.15, 0.2) is 4.96 Å². The standard InChI is InChI=1S/C18H10Cl2FN3OS/c19-12-7-11(8-13(20)9-12)17(25)23-16-15(10-1-3-14(21)4-2-10)22-18-24(16)5-6-26-18/h1-9H,(H,23,25). The molecule has 1 amide bonds. The lowest BCUT2D eigenvalue weighted by atomic mass is 10.1. The minimum atomic E-state index is -0.370. The Morgan fingerprint density at radius 3 is 2.50 bits per heavy atom. The first-order valence-corrected chi connectivity index (χ1v) is 9.14. The van der Waals surface area contributed by atoms with Gasteiger partial charge >= 0.3 is 0 Å². The highest BCUT2D eigenvalue weighted by molar-refractivity contribution is 7.15. The van der Waals surface area contributed by atoms with E-state index in [-0.39, 0.29) is 11.7 Å². The van der Waals surface area contributed by atoms with Crippen molar-refractivity contribution < 1.29 is 9.18 Å². The van der Waals surface area contributed by atoms with Crippen molar-refractivity contribution in [1.82, 2.24) is 9.38 Å². The molecule has 0 saturated carbocycles. The second-order valence-corrected chi connectivity index (χ2v) is 7.23. The Labute approximate surface area is 161 Å². The number of fused-ring (bicyclic) bond motifs is 1. The normalized spacial score (nSPS) is 11.0. The Hall–Kier alpha value is -2.41. The van der Waals surface area contributed by atoms with Crippen molar-refractivity contribution in [3.63, 3.8) is 0 Å². The summed E-state index contributed by atoms with van der Waals surface area (Å²) in [6.07, 6.45) is 1.81. The maximum atomic E-state index is 13.2. The van der Waals surface area contributed by atoms with E-state index >= 15 is 0 Å². The molecule has 0 saturated heterocycles. The summed E-state index contributed by atoms with van der Waals surface area (Å²) in [7, 11) is 0. The van der Waals surface area contributed by atoms with Crippen LogP contribution in [-0.2, 0) is 0 Å². The van der Waals surface area contributed by atoms with Gasteiger partial charge < -0.3 is 5.32 Å². The van der Waals surface area contributed by atoms with E-state index in [0.29, 0.717) is 37.6 Å². The molecule has 0 unspecified atom stereocenters. The molecule has 0 aliphatic heterocycles. The molecular formula is C18H10Cl2FN3OS. The number of thiazole rings is 1. The smallest absolute Gasteiger partial charge is 0.256 e. The van der Waals surface area contributed by atoms with Crippen LogP contribution < -0.4 is 5.32 Å². The number of hydrogen-bond donors (Lipinski definition) is 1. The van der Waals surface area contributed by atoms with Crippen molar-refractivity contribution >= 4 is 51.2 Å². The van der Waals surface area contributed by atoms with Gasteiger partial charge in [-0.05, 0) is 42.5 Å². The Balaban J connectivity index is 1.77. The summed E-state index contributed by atoms with van der Waals surface area (Å²) in [5, 5.41) is 5.47. The van der Waals surface area contributed by atoms with E-state index in [1.54, 1.807) is 28.8 Å². The van der Waals surface area contributed by atoms with Crippen LogP contribution in [0.25, 0.3) is 16.2 Å². The summed E-state index contributed by atoms with van der Waals surface area (Å²) < 4.78 is 15.0. The van der Waals surface area contributed by atoms with Gasteiger partial charge in [-0.1, -0.05) is 23.2 Å². The van der Waals surface area contributed by atoms with Crippen LogP contribution in [0.4, 0.5) is 10.2 Å². The fraction of sp³-hybridized carbons (Fsp3) is 0. The molecule has 4 aromatic rings. The Bertz CT molecular complexity index is 1100. The third kappa shape index (κ3) is 3.19. The first-order chi connectivity index (χ1) is 12.5. The number of carbonyl (C=O) groups excluding carboxylic acids is 1. The van der Waals surface area contributed by atoms with Crippen molar-refractivity contribution in [3.05, 3.63) is 75.5 Å². The number of aromatic nitrogens is 2. The molecule has 2 aromatic heterocycles. The summed E-state index contributed by atoms with van der Waals surface area (Å²) in [5.74, 6) is -0.214.